The number of nitrogens with one attached hydrogen (secondary N) is 3. The van der Waals surface area contributed by atoms with Gasteiger partial charge in [0.25, 0.3) is 0 Å². The van der Waals surface area contributed by atoms with E-state index in [1.54, 1.807) is 0 Å². The van der Waals surface area contributed by atoms with Crippen LogP contribution in [-0.4, -0.2) is 74.1 Å². The van der Waals surface area contributed by atoms with Gasteiger partial charge < -0.3 is 24.8 Å². The molecule has 0 amide bonds. The van der Waals surface area contributed by atoms with Crippen molar-refractivity contribution in [2.45, 2.75) is 50.5 Å². The minimum Gasteiger partial charge on any atom is -0.493 e. The molecule has 1 aromatic heterocycles. The molecule has 5 rings (SSSR count). The van der Waals surface area contributed by atoms with Gasteiger partial charge in [-0.2, -0.15) is 5.26 Å². The first kappa shape index (κ1) is 27.6. The van der Waals surface area contributed by atoms with Crippen molar-refractivity contribution in [2.75, 3.05) is 51.6 Å². The topological polar surface area (TPSA) is 98.3 Å². The zero-order valence-corrected chi connectivity index (χ0v) is 22.3. The largest absolute Gasteiger partial charge is 0.493 e. The molecule has 0 radical (unpaired) electrons. The van der Waals surface area contributed by atoms with E-state index in [4.69, 9.17) is 14.9 Å². The third kappa shape index (κ3) is 6.26. The van der Waals surface area contributed by atoms with Crippen molar-refractivity contribution in [3.63, 3.8) is 0 Å². The molecule has 39 heavy (non-hydrogen) atoms. The molecule has 0 bridgehead atoms. The highest BCUT2D eigenvalue weighted by Gasteiger charge is 2.31. The number of ether oxygens (including phenoxy) is 2. The van der Waals surface area contributed by atoms with Crippen LogP contribution in [0.4, 0.5) is 14.6 Å². The van der Waals surface area contributed by atoms with Crippen LogP contribution < -0.4 is 15.4 Å². The predicted octanol–water partition coefficient (Wildman–Crippen LogP) is 4.26. The van der Waals surface area contributed by atoms with E-state index in [0.717, 1.165) is 62.4 Å². The Morgan fingerprint density at radius 2 is 2.00 bits per heavy atom. The third-order valence-electron chi connectivity index (χ3n) is 8.36. The molecular weight excluding hydrogens is 502 g/mol. The molecule has 210 valence electrons. The lowest BCUT2D eigenvalue weighted by atomic mass is 9.93. The quantitative estimate of drug-likeness (QED) is 0.369. The van der Waals surface area contributed by atoms with Gasteiger partial charge in [0.2, 0.25) is 0 Å². The van der Waals surface area contributed by atoms with E-state index in [1.165, 1.54) is 6.21 Å². The Labute approximate surface area is 228 Å². The summed E-state index contributed by atoms with van der Waals surface area (Å²) >= 11 is 0. The van der Waals surface area contributed by atoms with Gasteiger partial charge in [-0.05, 0) is 68.5 Å². The number of halogens is 2. The first-order valence-electron chi connectivity index (χ1n) is 14.0. The maximum Gasteiger partial charge on any atom is 0.169 e. The molecule has 3 atom stereocenters. The first-order valence-corrected chi connectivity index (χ1v) is 14.0. The Bertz CT molecular complexity index is 1150. The fourth-order valence-electron chi connectivity index (χ4n) is 6.00. The number of nitrogens with zero attached hydrogens (tertiary/aromatic N) is 3. The van der Waals surface area contributed by atoms with Crippen LogP contribution in [0.1, 0.15) is 48.4 Å². The number of nitriles is 1. The van der Waals surface area contributed by atoms with Gasteiger partial charge in [0.1, 0.15) is 31.0 Å². The second-order valence-electron chi connectivity index (χ2n) is 10.8. The zero-order chi connectivity index (χ0) is 27.2. The van der Waals surface area contributed by atoms with Gasteiger partial charge in [-0.25, -0.2) is 8.78 Å². The molecule has 3 aliphatic rings. The lowest BCUT2D eigenvalue weighted by Gasteiger charge is -2.35. The van der Waals surface area contributed by atoms with Gasteiger partial charge in [0.05, 0.1) is 25.3 Å². The molecule has 3 aliphatic heterocycles. The number of benzene rings is 1. The number of anilines is 1. The number of hydrogen-bond donors (Lipinski definition) is 3. The van der Waals surface area contributed by atoms with Crippen LogP contribution in [0, 0.1) is 28.6 Å². The van der Waals surface area contributed by atoms with Crippen LogP contribution in [0.25, 0.3) is 0 Å². The summed E-state index contributed by atoms with van der Waals surface area (Å²) < 4.78 is 39.8. The minimum atomic E-state index is -0.639. The number of likely N-dealkylation sites (tertiary alicyclic amines) is 1. The SMILES string of the molecule is N#CC1Nc2c(ccn2CC2CCOC2)C(c2ccc(OCCC3CCN(C(CF)CF)CC3)c(C=N)c2)N1. The van der Waals surface area contributed by atoms with E-state index in [0.29, 0.717) is 42.8 Å². The molecule has 2 aromatic rings. The summed E-state index contributed by atoms with van der Waals surface area (Å²) in [6.45, 7) is 3.09. The standard InChI is InChI=1S/C29H38F2N6O2/c30-14-24(15-31)36-8-3-20(4-9-36)7-12-39-26-2-1-22(13-23(26)16-32)28-25-5-10-37(18-21-6-11-38-19-21)29(25)35-27(17-33)34-28/h1-2,5,10,13,16,20-21,24,27-28,32,34-35H,3-4,6-9,11-12,14-15,18-19H2. The van der Waals surface area contributed by atoms with Crippen LogP contribution in [0.2, 0.25) is 0 Å². The van der Waals surface area contributed by atoms with Gasteiger partial charge in [-0.1, -0.05) is 6.07 Å². The number of piperidine rings is 1. The summed E-state index contributed by atoms with van der Waals surface area (Å²) in [6, 6.07) is 9.45. The highest BCUT2D eigenvalue weighted by Crippen LogP contribution is 2.36. The van der Waals surface area contributed by atoms with Gasteiger partial charge in [0.15, 0.2) is 6.17 Å². The van der Waals surface area contributed by atoms with E-state index in [1.807, 2.05) is 23.1 Å². The maximum atomic E-state index is 13.0. The van der Waals surface area contributed by atoms with Gasteiger partial charge in [-0.15, -0.1) is 0 Å². The number of aromatic nitrogens is 1. The molecule has 0 saturated carbocycles. The molecule has 3 N–H and O–H groups in total. The molecule has 2 saturated heterocycles. The van der Waals surface area contributed by atoms with E-state index < -0.39 is 25.6 Å². The molecule has 4 heterocycles. The monoisotopic (exact) mass is 540 g/mol. The van der Waals surface area contributed by atoms with Crippen LogP contribution in [0.15, 0.2) is 30.5 Å². The van der Waals surface area contributed by atoms with Crippen LogP contribution in [0.5, 0.6) is 5.75 Å². The summed E-state index contributed by atoms with van der Waals surface area (Å²) in [7, 11) is 0. The molecule has 0 aliphatic carbocycles. The van der Waals surface area contributed by atoms with E-state index >= 15 is 0 Å². The molecule has 1 aromatic carbocycles. The Morgan fingerprint density at radius 1 is 1.18 bits per heavy atom. The van der Waals surface area contributed by atoms with Crippen molar-refractivity contribution in [1.29, 1.82) is 10.7 Å². The normalized spacial score (nSPS) is 23.8. The number of fused-ring (bicyclic) bond motifs is 1. The van der Waals surface area contributed by atoms with Crippen molar-refractivity contribution < 1.29 is 18.3 Å². The van der Waals surface area contributed by atoms with Crippen molar-refractivity contribution >= 4 is 12.0 Å². The minimum absolute atomic E-state index is 0.192. The first-order chi connectivity index (χ1) is 19.1. The molecular formula is C29H38F2N6O2. The summed E-state index contributed by atoms with van der Waals surface area (Å²) in [4.78, 5) is 1.91. The fourth-order valence-corrected chi connectivity index (χ4v) is 6.00. The fraction of sp³-hybridized carbons (Fsp3) is 0.586. The van der Waals surface area contributed by atoms with E-state index in [9.17, 15) is 14.0 Å². The number of hydrogen-bond acceptors (Lipinski definition) is 7. The third-order valence-corrected chi connectivity index (χ3v) is 8.36. The van der Waals surface area contributed by atoms with Crippen LogP contribution in [-0.2, 0) is 11.3 Å². The van der Waals surface area contributed by atoms with Crippen molar-refractivity contribution in [1.82, 2.24) is 14.8 Å². The van der Waals surface area contributed by atoms with E-state index in [-0.39, 0.29) is 6.04 Å². The Morgan fingerprint density at radius 3 is 2.69 bits per heavy atom. The summed E-state index contributed by atoms with van der Waals surface area (Å²) in [6.07, 6.45) is 6.57. The highest BCUT2D eigenvalue weighted by molar-refractivity contribution is 5.81. The molecule has 8 nitrogen and oxygen atoms in total. The summed E-state index contributed by atoms with van der Waals surface area (Å²) in [5.41, 5.74) is 2.72. The second-order valence-corrected chi connectivity index (χ2v) is 10.8. The zero-order valence-electron chi connectivity index (χ0n) is 22.3. The van der Waals surface area contributed by atoms with Gasteiger partial charge in [-0.3, -0.25) is 10.2 Å². The average molecular weight is 541 g/mol. The van der Waals surface area contributed by atoms with Gasteiger partial charge >= 0.3 is 0 Å². The molecule has 10 heteroatoms. The number of rotatable bonds is 11. The summed E-state index contributed by atoms with van der Waals surface area (Å²) in [5, 5.41) is 24.4. The van der Waals surface area contributed by atoms with E-state index in [2.05, 4.69) is 33.5 Å². The maximum absolute atomic E-state index is 13.0. The van der Waals surface area contributed by atoms with Crippen molar-refractivity contribution in [3.8, 4) is 11.8 Å². The molecule has 3 unspecified atom stereocenters. The van der Waals surface area contributed by atoms with Crippen molar-refractivity contribution in [2.24, 2.45) is 11.8 Å². The van der Waals surface area contributed by atoms with Crippen LogP contribution in [0.3, 0.4) is 0 Å². The Hall–Kier alpha value is -3.00. The smallest absolute Gasteiger partial charge is 0.169 e. The predicted molar refractivity (Wildman–Crippen MR) is 146 cm³/mol. The van der Waals surface area contributed by atoms with Crippen molar-refractivity contribution in [3.05, 3.63) is 47.2 Å². The lowest BCUT2D eigenvalue weighted by Crippen LogP contribution is -2.44. The highest BCUT2D eigenvalue weighted by atomic mass is 19.1. The molecule has 2 fully saturated rings. The van der Waals surface area contributed by atoms with Gasteiger partial charge in [0, 0.05) is 42.6 Å². The Kier molecular flexibility index (Phi) is 9.12. The summed E-state index contributed by atoms with van der Waals surface area (Å²) in [5.74, 6) is 2.53. The average Bonchev–Trinajstić information content (AvgIpc) is 3.64. The number of alkyl halides is 2. The van der Waals surface area contributed by atoms with Crippen LogP contribution >= 0.6 is 0 Å². The lowest BCUT2D eigenvalue weighted by molar-refractivity contribution is 0.0896. The molecule has 0 spiro atoms. The second kappa shape index (κ2) is 12.9. The Balaban J connectivity index is 1.23.